The molecule has 5 rings (SSSR count). The second kappa shape index (κ2) is 7.67. The molecule has 0 unspecified atom stereocenters. The van der Waals surface area contributed by atoms with Crippen LogP contribution in [0.5, 0.6) is 5.75 Å². The molecule has 0 aliphatic carbocycles. The molecule has 164 valence electrons. The van der Waals surface area contributed by atoms with Gasteiger partial charge in [-0.25, -0.2) is 13.8 Å². The lowest BCUT2D eigenvalue weighted by Gasteiger charge is -2.22. The maximum Gasteiger partial charge on any atom is 0.170 e. The van der Waals surface area contributed by atoms with E-state index in [-0.39, 0.29) is 17.9 Å². The molecule has 1 atom stereocenters. The zero-order valence-electron chi connectivity index (χ0n) is 17.8. The molecule has 1 aromatic carbocycles. The smallest absolute Gasteiger partial charge is 0.170 e. The fourth-order valence-electron chi connectivity index (χ4n) is 4.21. The number of nitrogen functional groups attached to an aromatic ring is 1. The lowest BCUT2D eigenvalue weighted by molar-refractivity contribution is 0.227. The number of aromatic nitrogens is 4. The molecule has 0 spiro atoms. The SMILES string of the molecule is C[C@H]1Oc2cc(cnc2N)-c2c(C#N)nn(C)c2Cc2cc(F)cnc2-c2ccc(F)cc21. The van der Waals surface area contributed by atoms with Gasteiger partial charge < -0.3 is 10.5 Å². The van der Waals surface area contributed by atoms with Gasteiger partial charge in [0.1, 0.15) is 23.8 Å². The van der Waals surface area contributed by atoms with Crippen LogP contribution in [0.4, 0.5) is 14.6 Å². The number of nitriles is 1. The second-order valence-electron chi connectivity index (χ2n) is 7.84. The lowest BCUT2D eigenvalue weighted by Crippen LogP contribution is -2.10. The van der Waals surface area contributed by atoms with Gasteiger partial charge in [-0.3, -0.25) is 9.67 Å². The third-order valence-corrected chi connectivity index (χ3v) is 5.74. The number of anilines is 1. The Labute approximate surface area is 188 Å². The molecule has 1 aliphatic heterocycles. The van der Waals surface area contributed by atoms with E-state index in [1.54, 1.807) is 37.0 Å². The summed E-state index contributed by atoms with van der Waals surface area (Å²) in [5, 5.41) is 14.0. The van der Waals surface area contributed by atoms with Crippen LogP contribution in [0.15, 0.2) is 42.7 Å². The average molecular weight is 444 g/mol. The number of ether oxygens (including phenoxy) is 1. The van der Waals surface area contributed by atoms with Gasteiger partial charge in [0, 0.05) is 41.9 Å². The van der Waals surface area contributed by atoms with Gasteiger partial charge in [-0.05, 0) is 42.8 Å². The first-order valence-electron chi connectivity index (χ1n) is 10.2. The van der Waals surface area contributed by atoms with Gasteiger partial charge in [-0.1, -0.05) is 0 Å². The molecule has 7 nitrogen and oxygen atoms in total. The maximum atomic E-state index is 14.3. The van der Waals surface area contributed by atoms with Crippen molar-refractivity contribution in [1.29, 1.82) is 5.26 Å². The van der Waals surface area contributed by atoms with Gasteiger partial charge in [0.15, 0.2) is 17.3 Å². The highest BCUT2D eigenvalue weighted by molar-refractivity contribution is 5.75. The van der Waals surface area contributed by atoms with Crippen molar-refractivity contribution < 1.29 is 13.5 Å². The minimum absolute atomic E-state index is 0.158. The quantitative estimate of drug-likeness (QED) is 0.433. The Morgan fingerprint density at radius 1 is 1.15 bits per heavy atom. The second-order valence-corrected chi connectivity index (χ2v) is 7.84. The van der Waals surface area contributed by atoms with Gasteiger partial charge in [0.25, 0.3) is 0 Å². The van der Waals surface area contributed by atoms with Crippen LogP contribution in [-0.2, 0) is 13.5 Å². The Bertz CT molecular complexity index is 1460. The summed E-state index contributed by atoms with van der Waals surface area (Å²) in [7, 11) is 1.71. The summed E-state index contributed by atoms with van der Waals surface area (Å²) < 4.78 is 36.2. The zero-order chi connectivity index (χ0) is 23.3. The van der Waals surface area contributed by atoms with Crippen LogP contribution in [0.3, 0.4) is 0 Å². The molecular formula is C24H18F2N6O. The van der Waals surface area contributed by atoms with Crippen LogP contribution in [-0.4, -0.2) is 19.7 Å². The van der Waals surface area contributed by atoms with E-state index in [4.69, 9.17) is 10.5 Å². The fraction of sp³-hybridized carbons (Fsp3) is 0.167. The van der Waals surface area contributed by atoms with E-state index in [2.05, 4.69) is 21.1 Å². The number of nitrogens with zero attached hydrogens (tertiary/aromatic N) is 5. The van der Waals surface area contributed by atoms with Gasteiger partial charge in [0.2, 0.25) is 0 Å². The van der Waals surface area contributed by atoms with Crippen LogP contribution in [0, 0.1) is 23.0 Å². The van der Waals surface area contributed by atoms with E-state index >= 15 is 0 Å². The number of pyridine rings is 2. The molecule has 0 saturated carbocycles. The van der Waals surface area contributed by atoms with Crippen LogP contribution in [0.2, 0.25) is 0 Å². The van der Waals surface area contributed by atoms with E-state index < -0.39 is 17.7 Å². The number of halogens is 2. The van der Waals surface area contributed by atoms with Gasteiger partial charge in [0.05, 0.1) is 17.6 Å². The van der Waals surface area contributed by atoms with Gasteiger partial charge in [-0.15, -0.1) is 0 Å². The van der Waals surface area contributed by atoms with Crippen molar-refractivity contribution in [1.82, 2.24) is 19.7 Å². The van der Waals surface area contributed by atoms with Gasteiger partial charge in [-0.2, -0.15) is 10.4 Å². The molecule has 0 saturated heterocycles. The predicted octanol–water partition coefficient (Wildman–Crippen LogP) is 4.32. The number of fused-ring (bicyclic) bond motifs is 7. The van der Waals surface area contributed by atoms with E-state index in [9.17, 15) is 14.0 Å². The molecule has 4 aromatic rings. The van der Waals surface area contributed by atoms with Crippen molar-refractivity contribution in [3.63, 3.8) is 0 Å². The number of benzene rings is 1. The lowest BCUT2D eigenvalue weighted by atomic mass is 9.93. The molecule has 9 heteroatoms. The molecule has 0 fully saturated rings. The Morgan fingerprint density at radius 3 is 2.76 bits per heavy atom. The normalized spacial score (nSPS) is 14.6. The third kappa shape index (κ3) is 3.46. The van der Waals surface area contributed by atoms with Crippen molar-refractivity contribution in [3.05, 3.63) is 76.9 Å². The number of rotatable bonds is 0. The number of hydrogen-bond acceptors (Lipinski definition) is 6. The fourth-order valence-corrected chi connectivity index (χ4v) is 4.21. The molecule has 1 aliphatic rings. The molecule has 4 heterocycles. The van der Waals surface area contributed by atoms with E-state index in [1.807, 2.05) is 0 Å². The number of nitrogens with two attached hydrogens (primary N) is 1. The van der Waals surface area contributed by atoms with Crippen molar-refractivity contribution in [2.75, 3.05) is 5.73 Å². The van der Waals surface area contributed by atoms with Crippen molar-refractivity contribution in [2.45, 2.75) is 19.4 Å². The minimum Gasteiger partial charge on any atom is -0.482 e. The summed E-state index contributed by atoms with van der Waals surface area (Å²) in [5.74, 6) is -0.492. The number of hydrogen-bond donors (Lipinski definition) is 1. The van der Waals surface area contributed by atoms with Crippen LogP contribution in [0.25, 0.3) is 22.4 Å². The van der Waals surface area contributed by atoms with Crippen molar-refractivity contribution in [3.8, 4) is 34.2 Å². The highest BCUT2D eigenvalue weighted by Crippen LogP contribution is 2.39. The standard InChI is InChI=1S/C24H18F2N6O/c1-12-18-8-15(25)3-4-17(18)23-13(5-16(26)11-29-23)6-20-22(19(9-27)31-32(20)2)14-7-21(33-12)24(28)30-10-14/h3-5,7-8,10-12H,6H2,1-2H3,(H2,28,30)/t12-/m1/s1. The van der Waals surface area contributed by atoms with E-state index in [1.165, 1.54) is 18.2 Å². The van der Waals surface area contributed by atoms with Crippen LogP contribution in [0.1, 0.15) is 35.5 Å². The largest absolute Gasteiger partial charge is 0.482 e. The summed E-state index contributed by atoms with van der Waals surface area (Å²) in [6.45, 7) is 1.76. The maximum absolute atomic E-state index is 14.3. The topological polar surface area (TPSA) is 103 Å². The van der Waals surface area contributed by atoms with Crippen molar-refractivity contribution in [2.24, 2.45) is 7.05 Å². The molecule has 3 aromatic heterocycles. The zero-order valence-corrected chi connectivity index (χ0v) is 17.8. The van der Waals surface area contributed by atoms with Gasteiger partial charge >= 0.3 is 0 Å². The Kier molecular flexibility index (Phi) is 4.78. The highest BCUT2D eigenvalue weighted by Gasteiger charge is 2.25. The predicted molar refractivity (Wildman–Crippen MR) is 117 cm³/mol. The minimum atomic E-state index is -0.627. The first-order valence-corrected chi connectivity index (χ1v) is 10.2. The summed E-state index contributed by atoms with van der Waals surface area (Å²) >= 11 is 0. The van der Waals surface area contributed by atoms with E-state index in [0.29, 0.717) is 45.0 Å². The molecule has 0 radical (unpaired) electrons. The summed E-state index contributed by atoms with van der Waals surface area (Å²) in [6.07, 6.45) is 2.27. The van der Waals surface area contributed by atoms with Crippen LogP contribution >= 0.6 is 0 Å². The van der Waals surface area contributed by atoms with E-state index in [0.717, 1.165) is 6.20 Å². The number of aryl methyl sites for hydroxylation is 1. The third-order valence-electron chi connectivity index (χ3n) is 5.74. The molecule has 2 bridgehead atoms. The monoisotopic (exact) mass is 444 g/mol. The van der Waals surface area contributed by atoms with Crippen molar-refractivity contribution >= 4 is 5.82 Å². The molecule has 2 N–H and O–H groups in total. The van der Waals surface area contributed by atoms with Crippen LogP contribution < -0.4 is 10.5 Å². The Morgan fingerprint density at radius 2 is 1.97 bits per heavy atom. The summed E-state index contributed by atoms with van der Waals surface area (Å²) in [5.41, 5.74) is 10.2. The molecule has 33 heavy (non-hydrogen) atoms. The molecular weight excluding hydrogens is 426 g/mol. The summed E-state index contributed by atoms with van der Waals surface area (Å²) in [6, 6.07) is 9.49. The summed E-state index contributed by atoms with van der Waals surface area (Å²) in [4.78, 5) is 8.58. The Hall–Kier alpha value is -4.32. The average Bonchev–Trinajstić information content (AvgIpc) is 3.10. The first-order chi connectivity index (χ1) is 15.9. The molecule has 0 amide bonds. The first kappa shape index (κ1) is 20.6. The highest BCUT2D eigenvalue weighted by atomic mass is 19.1. The Balaban J connectivity index is 1.87.